The van der Waals surface area contributed by atoms with Crippen LogP contribution in [-0.2, 0) is 9.53 Å². The maximum atomic E-state index is 11.2. The molecule has 0 heterocycles. The van der Waals surface area contributed by atoms with Gasteiger partial charge in [-0.25, -0.2) is 4.79 Å². The third-order valence-corrected chi connectivity index (χ3v) is 2.15. The zero-order valence-electron chi connectivity index (χ0n) is 9.67. The zero-order chi connectivity index (χ0) is 11.7. The molecule has 0 aliphatic rings. The van der Waals surface area contributed by atoms with E-state index in [1.807, 2.05) is 19.9 Å². The summed E-state index contributed by atoms with van der Waals surface area (Å²) in [6.45, 7) is 4.53. The van der Waals surface area contributed by atoms with Crippen LogP contribution in [0.15, 0.2) is 11.6 Å². The van der Waals surface area contributed by atoms with E-state index >= 15 is 0 Å². The van der Waals surface area contributed by atoms with E-state index in [4.69, 9.17) is 6.42 Å². The van der Waals surface area contributed by atoms with Gasteiger partial charge in [0.15, 0.2) is 0 Å². The van der Waals surface area contributed by atoms with Gasteiger partial charge in [0.2, 0.25) is 0 Å². The monoisotopic (exact) mass is 209 g/mol. The number of hydrogen-bond acceptors (Lipinski definition) is 3. The van der Waals surface area contributed by atoms with Crippen LogP contribution in [0.2, 0.25) is 0 Å². The number of terminal acetylenes is 1. The summed E-state index contributed by atoms with van der Waals surface area (Å²) < 4.78 is 4.64. The Balaban J connectivity index is 4.13. The van der Waals surface area contributed by atoms with Crippen molar-refractivity contribution in [2.75, 3.05) is 13.7 Å². The number of carbonyl (C=O) groups is 1. The third-order valence-electron chi connectivity index (χ3n) is 2.15. The smallest absolute Gasteiger partial charge is 0.333 e. The van der Waals surface area contributed by atoms with Crippen LogP contribution in [0.4, 0.5) is 0 Å². The van der Waals surface area contributed by atoms with Crippen molar-refractivity contribution < 1.29 is 9.53 Å². The Morgan fingerprint density at radius 3 is 2.67 bits per heavy atom. The van der Waals surface area contributed by atoms with E-state index in [0.717, 1.165) is 6.42 Å². The van der Waals surface area contributed by atoms with E-state index in [9.17, 15) is 4.79 Å². The molecule has 0 fully saturated rings. The van der Waals surface area contributed by atoms with Gasteiger partial charge in [-0.15, -0.1) is 6.42 Å². The lowest BCUT2D eigenvalue weighted by atomic mass is 10.2. The summed E-state index contributed by atoms with van der Waals surface area (Å²) in [5.74, 6) is 2.36. The summed E-state index contributed by atoms with van der Waals surface area (Å²) in [5, 5.41) is 3.14. The highest BCUT2D eigenvalue weighted by molar-refractivity contribution is 5.88. The largest absolute Gasteiger partial charge is 0.466 e. The number of methoxy groups -OCH3 is 1. The summed E-state index contributed by atoms with van der Waals surface area (Å²) in [5.41, 5.74) is 0.678. The fraction of sp³-hybridized carbons (Fsp3) is 0.583. The first-order chi connectivity index (χ1) is 7.19. The molecule has 1 unspecified atom stereocenters. The van der Waals surface area contributed by atoms with Crippen molar-refractivity contribution in [2.45, 2.75) is 32.7 Å². The van der Waals surface area contributed by atoms with Crippen LogP contribution in [0.1, 0.15) is 26.7 Å². The second-order valence-corrected chi connectivity index (χ2v) is 3.11. The van der Waals surface area contributed by atoms with Gasteiger partial charge in [-0.05, 0) is 12.8 Å². The summed E-state index contributed by atoms with van der Waals surface area (Å²) in [7, 11) is 1.38. The minimum atomic E-state index is -0.270. The average Bonchev–Trinajstić information content (AvgIpc) is 2.28. The topological polar surface area (TPSA) is 38.3 Å². The molecule has 0 aromatic rings. The van der Waals surface area contributed by atoms with Gasteiger partial charge in [0.1, 0.15) is 0 Å². The highest BCUT2D eigenvalue weighted by Gasteiger charge is 2.06. The van der Waals surface area contributed by atoms with E-state index in [1.165, 1.54) is 7.11 Å². The molecule has 0 saturated heterocycles. The van der Waals surface area contributed by atoms with Crippen molar-refractivity contribution in [2.24, 2.45) is 0 Å². The van der Waals surface area contributed by atoms with Crippen molar-refractivity contribution in [3.63, 3.8) is 0 Å². The highest BCUT2D eigenvalue weighted by atomic mass is 16.5. The Kier molecular flexibility index (Phi) is 7.39. The first kappa shape index (κ1) is 13.7. The Morgan fingerprint density at radius 2 is 2.27 bits per heavy atom. The molecule has 0 aromatic heterocycles. The van der Waals surface area contributed by atoms with Gasteiger partial charge >= 0.3 is 5.97 Å². The lowest BCUT2D eigenvalue weighted by Gasteiger charge is -2.08. The van der Waals surface area contributed by atoms with Gasteiger partial charge < -0.3 is 10.1 Å². The van der Waals surface area contributed by atoms with Crippen LogP contribution in [0, 0.1) is 12.3 Å². The minimum absolute atomic E-state index is 0.0667. The number of nitrogens with one attached hydrogen (secondary N) is 1. The van der Waals surface area contributed by atoms with Gasteiger partial charge in [0.25, 0.3) is 0 Å². The summed E-state index contributed by atoms with van der Waals surface area (Å²) in [6, 6.07) is 0.0667. The summed E-state index contributed by atoms with van der Waals surface area (Å²) in [4.78, 5) is 11.2. The van der Waals surface area contributed by atoms with E-state index in [-0.39, 0.29) is 12.0 Å². The Bertz CT molecular complexity index is 263. The molecule has 0 aromatic carbocycles. The number of esters is 1. The van der Waals surface area contributed by atoms with Crippen molar-refractivity contribution in [1.29, 1.82) is 0 Å². The van der Waals surface area contributed by atoms with Gasteiger partial charge in [-0.2, -0.15) is 0 Å². The standard InChI is InChI=1S/C12H19NO2/c1-5-10(12(14)15-4)8-9-13-11(6-2)7-3/h2,8,11,13H,5,7,9H2,1,3-4H3/b10-8-. The highest BCUT2D eigenvalue weighted by Crippen LogP contribution is 2.02. The third kappa shape index (κ3) is 5.24. The fourth-order valence-corrected chi connectivity index (χ4v) is 1.15. The molecule has 84 valence electrons. The summed E-state index contributed by atoms with van der Waals surface area (Å²) >= 11 is 0. The molecular formula is C12H19NO2. The Labute approximate surface area is 91.9 Å². The van der Waals surface area contributed by atoms with Crippen LogP contribution >= 0.6 is 0 Å². The molecule has 0 spiro atoms. The van der Waals surface area contributed by atoms with Gasteiger partial charge in [0.05, 0.1) is 13.2 Å². The second kappa shape index (κ2) is 8.07. The maximum absolute atomic E-state index is 11.2. The first-order valence-corrected chi connectivity index (χ1v) is 5.16. The normalized spacial score (nSPS) is 13.1. The number of rotatable bonds is 6. The van der Waals surface area contributed by atoms with Crippen LogP contribution in [-0.4, -0.2) is 25.7 Å². The second-order valence-electron chi connectivity index (χ2n) is 3.11. The molecule has 3 heteroatoms. The van der Waals surface area contributed by atoms with E-state index < -0.39 is 0 Å². The van der Waals surface area contributed by atoms with Gasteiger partial charge in [-0.3, -0.25) is 0 Å². The minimum Gasteiger partial charge on any atom is -0.466 e. The van der Waals surface area contributed by atoms with Gasteiger partial charge in [-0.1, -0.05) is 25.8 Å². The van der Waals surface area contributed by atoms with E-state index in [2.05, 4.69) is 16.0 Å². The Hall–Kier alpha value is -1.27. The molecule has 0 saturated carbocycles. The predicted molar refractivity (Wildman–Crippen MR) is 61.3 cm³/mol. The lowest BCUT2D eigenvalue weighted by molar-refractivity contribution is -0.136. The maximum Gasteiger partial charge on any atom is 0.333 e. The van der Waals surface area contributed by atoms with Crippen LogP contribution in [0.25, 0.3) is 0 Å². The molecule has 0 radical (unpaired) electrons. The van der Waals surface area contributed by atoms with Crippen molar-refractivity contribution >= 4 is 5.97 Å². The molecule has 3 nitrogen and oxygen atoms in total. The fourth-order valence-electron chi connectivity index (χ4n) is 1.15. The number of ether oxygens (including phenoxy) is 1. The lowest BCUT2D eigenvalue weighted by Crippen LogP contribution is -2.27. The molecule has 1 atom stereocenters. The van der Waals surface area contributed by atoms with E-state index in [0.29, 0.717) is 18.5 Å². The van der Waals surface area contributed by atoms with E-state index in [1.54, 1.807) is 0 Å². The van der Waals surface area contributed by atoms with Crippen LogP contribution in [0.3, 0.4) is 0 Å². The quantitative estimate of drug-likeness (QED) is 0.409. The predicted octanol–water partition coefficient (Wildman–Crippen LogP) is 1.50. The molecule has 15 heavy (non-hydrogen) atoms. The summed E-state index contributed by atoms with van der Waals surface area (Å²) in [6.07, 6.45) is 8.67. The Morgan fingerprint density at radius 1 is 1.60 bits per heavy atom. The molecule has 0 bridgehead atoms. The SMILES string of the molecule is C#CC(CC)NC/C=C(/CC)C(=O)OC. The molecule has 1 N–H and O–H groups in total. The van der Waals surface area contributed by atoms with Crippen LogP contribution in [0.5, 0.6) is 0 Å². The van der Waals surface area contributed by atoms with Crippen molar-refractivity contribution in [3.05, 3.63) is 11.6 Å². The number of hydrogen-bond donors (Lipinski definition) is 1. The molecule has 0 rings (SSSR count). The zero-order valence-corrected chi connectivity index (χ0v) is 9.67. The first-order valence-electron chi connectivity index (χ1n) is 5.16. The number of carbonyl (C=O) groups excluding carboxylic acids is 1. The van der Waals surface area contributed by atoms with Crippen molar-refractivity contribution in [1.82, 2.24) is 5.32 Å². The average molecular weight is 209 g/mol. The van der Waals surface area contributed by atoms with Crippen molar-refractivity contribution in [3.8, 4) is 12.3 Å². The molecular weight excluding hydrogens is 190 g/mol. The molecule has 0 aliphatic heterocycles. The molecule has 0 aliphatic carbocycles. The molecule has 0 amide bonds. The van der Waals surface area contributed by atoms with Crippen LogP contribution < -0.4 is 5.32 Å². The van der Waals surface area contributed by atoms with Gasteiger partial charge in [0, 0.05) is 12.1 Å².